The van der Waals surface area contributed by atoms with Gasteiger partial charge in [-0.15, -0.1) is 0 Å². The van der Waals surface area contributed by atoms with Crippen molar-refractivity contribution in [1.29, 1.82) is 0 Å². The van der Waals surface area contributed by atoms with Crippen LogP contribution in [0.4, 0.5) is 4.79 Å². The van der Waals surface area contributed by atoms with Gasteiger partial charge in [-0.25, -0.2) is 4.79 Å². The molecule has 1 amide bonds. The Hall–Kier alpha value is -0.990. The molecule has 12 heavy (non-hydrogen) atoms. The van der Waals surface area contributed by atoms with E-state index < -0.39 is 0 Å². The Kier molecular flexibility index (Phi) is 2.40. The largest absolute Gasteiger partial charge is 0.449 e. The summed E-state index contributed by atoms with van der Waals surface area (Å²) in [5.41, 5.74) is -0.0135. The third-order valence-electron chi connectivity index (χ3n) is 2.08. The zero-order valence-corrected chi connectivity index (χ0v) is 7.76. The molecule has 68 valence electrons. The van der Waals surface area contributed by atoms with Crippen LogP contribution in [0.5, 0.6) is 0 Å². The number of hydrogen-bond donors (Lipinski definition) is 1. The second-order valence-electron chi connectivity index (χ2n) is 3.71. The van der Waals surface area contributed by atoms with Crippen LogP contribution in [0.2, 0.25) is 0 Å². The minimum Gasteiger partial charge on any atom is -0.449 e. The summed E-state index contributed by atoms with van der Waals surface area (Å²) in [6, 6.07) is 0.0868. The highest BCUT2D eigenvalue weighted by molar-refractivity contribution is 5.69. The van der Waals surface area contributed by atoms with Gasteiger partial charge in [-0.3, -0.25) is 0 Å². The van der Waals surface area contributed by atoms with E-state index in [0.717, 1.165) is 0 Å². The van der Waals surface area contributed by atoms with E-state index in [-0.39, 0.29) is 17.6 Å². The first-order chi connectivity index (χ1) is 5.56. The Morgan fingerprint density at radius 3 is 2.92 bits per heavy atom. The predicted octanol–water partition coefficient (Wildman–Crippen LogP) is 1.70. The summed E-state index contributed by atoms with van der Waals surface area (Å²) in [6.07, 6.45) is 3.61. The third-order valence-corrected chi connectivity index (χ3v) is 2.08. The van der Waals surface area contributed by atoms with E-state index in [1.165, 1.54) is 0 Å². The quantitative estimate of drug-likeness (QED) is 0.607. The van der Waals surface area contributed by atoms with Crippen molar-refractivity contribution < 1.29 is 9.53 Å². The molecule has 0 aromatic carbocycles. The van der Waals surface area contributed by atoms with E-state index in [1.807, 2.05) is 19.1 Å². The van der Waals surface area contributed by atoms with Crippen LogP contribution in [0, 0.1) is 5.41 Å². The molecule has 0 aromatic rings. The number of allylic oxidation sites excluding steroid dienone is 1. The maximum Gasteiger partial charge on any atom is 0.407 e. The molecule has 0 aliphatic carbocycles. The summed E-state index contributed by atoms with van der Waals surface area (Å²) in [6.45, 7) is 6.56. The van der Waals surface area contributed by atoms with Crippen molar-refractivity contribution in [3.63, 3.8) is 0 Å². The lowest BCUT2D eigenvalue weighted by Crippen LogP contribution is -2.51. The highest BCUT2D eigenvalue weighted by atomic mass is 16.6. The number of cyclic esters (lactones) is 1. The normalized spacial score (nSPS) is 28.2. The number of rotatable bonds is 1. The maximum atomic E-state index is 10.9. The summed E-state index contributed by atoms with van der Waals surface area (Å²) in [5.74, 6) is 0. The molecule has 1 rings (SSSR count). The van der Waals surface area contributed by atoms with Gasteiger partial charge in [-0.2, -0.15) is 0 Å². The zero-order chi connectivity index (χ0) is 9.19. The van der Waals surface area contributed by atoms with Gasteiger partial charge in [0, 0.05) is 5.41 Å². The van der Waals surface area contributed by atoms with Gasteiger partial charge in [0.15, 0.2) is 0 Å². The molecule has 1 aliphatic heterocycles. The minimum atomic E-state index is -0.322. The van der Waals surface area contributed by atoms with Crippen LogP contribution in [0.1, 0.15) is 20.8 Å². The van der Waals surface area contributed by atoms with Crippen molar-refractivity contribution in [3.8, 4) is 0 Å². The van der Waals surface area contributed by atoms with Gasteiger partial charge in [-0.05, 0) is 6.92 Å². The van der Waals surface area contributed by atoms with Crippen molar-refractivity contribution in [2.75, 3.05) is 6.61 Å². The number of alkyl carbamates (subject to hydrolysis) is 1. The maximum absolute atomic E-state index is 10.9. The van der Waals surface area contributed by atoms with Crippen molar-refractivity contribution in [2.24, 2.45) is 5.41 Å². The average molecular weight is 169 g/mol. The van der Waals surface area contributed by atoms with E-state index in [9.17, 15) is 4.79 Å². The van der Waals surface area contributed by atoms with E-state index in [0.29, 0.717) is 6.61 Å². The number of ether oxygens (including phenoxy) is 1. The fraction of sp³-hybridized carbons (Fsp3) is 0.667. The number of amides is 1. The molecule has 1 fully saturated rings. The summed E-state index contributed by atoms with van der Waals surface area (Å²) in [5, 5.41) is 2.76. The zero-order valence-electron chi connectivity index (χ0n) is 7.76. The molecule has 1 heterocycles. The number of carbonyl (C=O) groups excluding carboxylic acids is 1. The van der Waals surface area contributed by atoms with E-state index in [2.05, 4.69) is 19.2 Å². The SMILES string of the molecule is C/C=C/C1NC(=O)OCC1(C)C. The molecule has 1 N–H and O–H groups in total. The molecule has 0 aromatic heterocycles. The summed E-state index contributed by atoms with van der Waals surface area (Å²) in [7, 11) is 0. The van der Waals surface area contributed by atoms with Gasteiger partial charge >= 0.3 is 6.09 Å². The van der Waals surface area contributed by atoms with Crippen LogP contribution in [-0.4, -0.2) is 18.7 Å². The van der Waals surface area contributed by atoms with Crippen molar-refractivity contribution in [2.45, 2.75) is 26.8 Å². The number of carbonyl (C=O) groups is 1. The fourth-order valence-electron chi connectivity index (χ4n) is 1.21. The minimum absolute atomic E-state index is 0.0135. The summed E-state index contributed by atoms with van der Waals surface area (Å²) < 4.78 is 4.89. The first kappa shape index (κ1) is 9.10. The summed E-state index contributed by atoms with van der Waals surface area (Å²) in [4.78, 5) is 10.9. The molecule has 0 spiro atoms. The Morgan fingerprint density at radius 2 is 2.33 bits per heavy atom. The molecular formula is C9H15NO2. The molecule has 3 nitrogen and oxygen atoms in total. The van der Waals surface area contributed by atoms with Crippen LogP contribution in [0.3, 0.4) is 0 Å². The lowest BCUT2D eigenvalue weighted by molar-refractivity contribution is 0.0516. The average Bonchev–Trinajstić information content (AvgIpc) is 1.98. The third kappa shape index (κ3) is 1.78. The molecular weight excluding hydrogens is 154 g/mol. The van der Waals surface area contributed by atoms with Crippen LogP contribution in [-0.2, 0) is 4.74 Å². The standard InChI is InChI=1S/C9H15NO2/c1-4-5-7-9(2,3)6-12-8(11)10-7/h4-5,7H,6H2,1-3H3,(H,10,11)/b5-4+. The molecule has 0 saturated carbocycles. The topological polar surface area (TPSA) is 38.3 Å². The van der Waals surface area contributed by atoms with Crippen molar-refractivity contribution >= 4 is 6.09 Å². The highest BCUT2D eigenvalue weighted by Crippen LogP contribution is 2.25. The molecule has 1 saturated heterocycles. The molecule has 1 unspecified atom stereocenters. The van der Waals surface area contributed by atoms with E-state index in [1.54, 1.807) is 0 Å². The molecule has 3 heteroatoms. The Bertz CT molecular complexity index is 209. The van der Waals surface area contributed by atoms with Gasteiger partial charge in [0.25, 0.3) is 0 Å². The van der Waals surface area contributed by atoms with E-state index in [4.69, 9.17) is 4.74 Å². The highest BCUT2D eigenvalue weighted by Gasteiger charge is 2.34. The smallest absolute Gasteiger partial charge is 0.407 e. The van der Waals surface area contributed by atoms with Crippen LogP contribution < -0.4 is 5.32 Å². The second kappa shape index (κ2) is 3.17. The lowest BCUT2D eigenvalue weighted by atomic mass is 9.84. The fourth-order valence-corrected chi connectivity index (χ4v) is 1.21. The van der Waals surface area contributed by atoms with Gasteiger partial charge in [-0.1, -0.05) is 26.0 Å². The van der Waals surface area contributed by atoms with Crippen LogP contribution in [0.25, 0.3) is 0 Å². The Morgan fingerprint density at radius 1 is 1.67 bits per heavy atom. The van der Waals surface area contributed by atoms with E-state index >= 15 is 0 Å². The molecule has 0 bridgehead atoms. The lowest BCUT2D eigenvalue weighted by Gasteiger charge is -2.36. The molecule has 0 radical (unpaired) electrons. The first-order valence-corrected chi connectivity index (χ1v) is 4.12. The van der Waals surface area contributed by atoms with Crippen molar-refractivity contribution in [1.82, 2.24) is 5.32 Å². The second-order valence-corrected chi connectivity index (χ2v) is 3.71. The van der Waals surface area contributed by atoms with Gasteiger partial charge in [0.2, 0.25) is 0 Å². The molecule has 1 aliphatic rings. The van der Waals surface area contributed by atoms with Gasteiger partial charge in [0.05, 0.1) is 6.04 Å². The summed E-state index contributed by atoms with van der Waals surface area (Å²) >= 11 is 0. The van der Waals surface area contributed by atoms with Crippen LogP contribution >= 0.6 is 0 Å². The van der Waals surface area contributed by atoms with Crippen LogP contribution in [0.15, 0.2) is 12.2 Å². The molecule has 1 atom stereocenters. The van der Waals surface area contributed by atoms with Gasteiger partial charge < -0.3 is 10.1 Å². The Balaban J connectivity index is 2.71. The predicted molar refractivity (Wildman–Crippen MR) is 46.9 cm³/mol. The Labute approximate surface area is 72.8 Å². The monoisotopic (exact) mass is 169 g/mol. The number of nitrogens with one attached hydrogen (secondary N) is 1. The number of hydrogen-bond acceptors (Lipinski definition) is 2. The van der Waals surface area contributed by atoms with Gasteiger partial charge in [0.1, 0.15) is 6.61 Å². The van der Waals surface area contributed by atoms with Crippen molar-refractivity contribution in [3.05, 3.63) is 12.2 Å². The first-order valence-electron chi connectivity index (χ1n) is 4.12.